The molecule has 4 aromatic heterocycles. The molecule has 0 radical (unpaired) electrons. The summed E-state index contributed by atoms with van der Waals surface area (Å²) in [6.07, 6.45) is 0. The summed E-state index contributed by atoms with van der Waals surface area (Å²) >= 11 is 1.84. The predicted molar refractivity (Wildman–Crippen MR) is 259 cm³/mol. The molecule has 4 nitrogen and oxygen atoms in total. The third kappa shape index (κ3) is 6.26. The van der Waals surface area contributed by atoms with Crippen molar-refractivity contribution in [2.45, 2.75) is 0 Å². The number of fused-ring (bicyclic) bond motifs is 6. The molecule has 0 spiro atoms. The number of pyridine rings is 1. The van der Waals surface area contributed by atoms with Gasteiger partial charge >= 0.3 is 0 Å². The van der Waals surface area contributed by atoms with Gasteiger partial charge in [-0.25, -0.2) is 14.5 Å². The first kappa shape index (κ1) is 35.9. The molecule has 0 bridgehead atoms. The SMILES string of the molecule is c1ccc(-c2nc(-c3cccc(-c4ccc5sc6ccccc6c5c4)c3)cc(-c3cccc(-c4c(-c5ccccc5)nn5c(-c6ccccc6)cc6ccccc6c45)c3)n2)cc1. The molecule has 0 aliphatic heterocycles. The molecule has 12 rings (SSSR count). The molecule has 12 aromatic rings. The van der Waals surface area contributed by atoms with Gasteiger partial charge in [0.2, 0.25) is 0 Å². The maximum Gasteiger partial charge on any atom is 0.160 e. The summed E-state index contributed by atoms with van der Waals surface area (Å²) < 4.78 is 4.75. The molecule has 290 valence electrons. The molecule has 4 heterocycles. The van der Waals surface area contributed by atoms with Crippen LogP contribution in [-0.4, -0.2) is 19.6 Å². The first-order valence-corrected chi connectivity index (χ1v) is 21.7. The van der Waals surface area contributed by atoms with E-state index in [2.05, 4.69) is 205 Å². The van der Waals surface area contributed by atoms with Crippen LogP contribution in [0.4, 0.5) is 0 Å². The van der Waals surface area contributed by atoms with Gasteiger partial charge in [0.05, 0.1) is 22.6 Å². The average molecular weight is 809 g/mol. The van der Waals surface area contributed by atoms with E-state index in [1.165, 1.54) is 25.7 Å². The number of benzene rings is 8. The van der Waals surface area contributed by atoms with Crippen LogP contribution in [0.15, 0.2) is 218 Å². The van der Waals surface area contributed by atoms with Gasteiger partial charge in [0.25, 0.3) is 0 Å². The minimum atomic E-state index is 0.680. The zero-order valence-electron chi connectivity index (χ0n) is 33.5. The molecule has 0 aliphatic rings. The fourth-order valence-corrected chi connectivity index (χ4v) is 9.92. The topological polar surface area (TPSA) is 43.1 Å². The summed E-state index contributed by atoms with van der Waals surface area (Å²) in [6.45, 7) is 0. The molecular formula is C57H36N4S. The minimum absolute atomic E-state index is 0.680. The zero-order chi connectivity index (χ0) is 41.0. The Morgan fingerprint density at radius 2 is 0.903 bits per heavy atom. The van der Waals surface area contributed by atoms with E-state index in [0.717, 1.165) is 83.6 Å². The Hall–Kier alpha value is -7.99. The molecule has 0 N–H and O–H groups in total. The largest absolute Gasteiger partial charge is 0.231 e. The standard InChI is InChI=1S/C57H36N4S/c1-4-16-37(17-5-1)51-35-42-22-10-11-27-46(42)56-54(55(60-61(51)56)38-18-6-2-7-19-38)45-26-15-25-44(33-45)50-36-49(58-57(59-50)39-20-8-3-9-21-39)43-24-14-23-40(32-43)41-30-31-53-48(34-41)47-28-12-13-29-52(47)62-53/h1-36H. The lowest BCUT2D eigenvalue weighted by Crippen LogP contribution is -1.96. The molecule has 5 heteroatoms. The van der Waals surface area contributed by atoms with Crippen LogP contribution in [0.25, 0.3) is 115 Å². The van der Waals surface area contributed by atoms with E-state index in [0.29, 0.717) is 5.82 Å². The van der Waals surface area contributed by atoms with Gasteiger partial charge in [0.15, 0.2) is 5.82 Å². The number of nitrogens with zero attached hydrogens (tertiary/aromatic N) is 4. The Morgan fingerprint density at radius 1 is 0.355 bits per heavy atom. The summed E-state index contributed by atoms with van der Waals surface area (Å²) in [5.74, 6) is 0.680. The highest BCUT2D eigenvalue weighted by atomic mass is 32.1. The summed E-state index contributed by atoms with van der Waals surface area (Å²) in [5, 5.41) is 10.3. The van der Waals surface area contributed by atoms with Crippen LogP contribution in [0.1, 0.15) is 0 Å². The Labute approximate surface area is 362 Å². The number of rotatable bonds is 7. The van der Waals surface area contributed by atoms with Crippen molar-refractivity contribution in [3.8, 4) is 78.7 Å². The molecule has 0 saturated carbocycles. The summed E-state index contributed by atoms with van der Waals surface area (Å²) in [4.78, 5) is 10.5. The van der Waals surface area contributed by atoms with E-state index in [1.54, 1.807) is 0 Å². The molecule has 0 saturated heterocycles. The molecule has 0 amide bonds. The van der Waals surface area contributed by atoms with Crippen LogP contribution in [0.2, 0.25) is 0 Å². The minimum Gasteiger partial charge on any atom is -0.231 e. The van der Waals surface area contributed by atoms with E-state index in [4.69, 9.17) is 15.1 Å². The van der Waals surface area contributed by atoms with Crippen LogP contribution in [-0.2, 0) is 0 Å². The second kappa shape index (κ2) is 14.9. The van der Waals surface area contributed by atoms with Gasteiger partial charge in [-0.15, -0.1) is 11.3 Å². The Kier molecular flexibility index (Phi) is 8.65. The fraction of sp³-hybridized carbons (Fsp3) is 0. The number of hydrogen-bond acceptors (Lipinski definition) is 4. The van der Waals surface area contributed by atoms with Gasteiger partial charge in [0.1, 0.15) is 5.69 Å². The third-order valence-electron chi connectivity index (χ3n) is 11.8. The van der Waals surface area contributed by atoms with Crippen LogP contribution in [0.3, 0.4) is 0 Å². The maximum atomic E-state index is 5.45. The van der Waals surface area contributed by atoms with Crippen molar-refractivity contribution in [2.24, 2.45) is 0 Å². The molecule has 8 aromatic carbocycles. The van der Waals surface area contributed by atoms with Crippen molar-refractivity contribution >= 4 is 47.8 Å². The van der Waals surface area contributed by atoms with Crippen LogP contribution in [0, 0.1) is 0 Å². The lowest BCUT2D eigenvalue weighted by molar-refractivity contribution is 0.979. The van der Waals surface area contributed by atoms with E-state index < -0.39 is 0 Å². The Morgan fingerprint density at radius 3 is 1.65 bits per heavy atom. The fourth-order valence-electron chi connectivity index (χ4n) is 8.83. The second-order valence-electron chi connectivity index (χ2n) is 15.6. The average Bonchev–Trinajstić information content (AvgIpc) is 3.94. The highest BCUT2D eigenvalue weighted by molar-refractivity contribution is 7.25. The molecule has 62 heavy (non-hydrogen) atoms. The van der Waals surface area contributed by atoms with Crippen LogP contribution in [0.5, 0.6) is 0 Å². The molecule has 0 unspecified atom stereocenters. The highest BCUT2D eigenvalue weighted by Gasteiger charge is 2.22. The van der Waals surface area contributed by atoms with Crippen molar-refractivity contribution in [3.63, 3.8) is 0 Å². The lowest BCUT2D eigenvalue weighted by atomic mass is 9.95. The van der Waals surface area contributed by atoms with E-state index >= 15 is 0 Å². The Bertz CT molecular complexity index is 3630. The Balaban J connectivity index is 1.04. The van der Waals surface area contributed by atoms with Crippen molar-refractivity contribution < 1.29 is 0 Å². The normalized spacial score (nSPS) is 11.5. The summed E-state index contributed by atoms with van der Waals surface area (Å²) in [7, 11) is 0. The van der Waals surface area contributed by atoms with Crippen LogP contribution < -0.4 is 0 Å². The molecule has 0 fully saturated rings. The van der Waals surface area contributed by atoms with Gasteiger partial charge < -0.3 is 0 Å². The molecule has 0 aliphatic carbocycles. The van der Waals surface area contributed by atoms with Gasteiger partial charge in [-0.3, -0.25) is 0 Å². The zero-order valence-corrected chi connectivity index (χ0v) is 34.3. The van der Waals surface area contributed by atoms with E-state index in [1.807, 2.05) is 29.5 Å². The summed E-state index contributed by atoms with van der Waals surface area (Å²) in [6, 6.07) is 77.4. The van der Waals surface area contributed by atoms with Crippen molar-refractivity contribution in [1.82, 2.24) is 19.6 Å². The number of aromatic nitrogens is 4. The van der Waals surface area contributed by atoms with Crippen molar-refractivity contribution in [2.75, 3.05) is 0 Å². The van der Waals surface area contributed by atoms with Gasteiger partial charge in [0, 0.05) is 58.9 Å². The van der Waals surface area contributed by atoms with Gasteiger partial charge in [-0.1, -0.05) is 176 Å². The molecular weight excluding hydrogens is 773 g/mol. The van der Waals surface area contributed by atoms with E-state index in [9.17, 15) is 0 Å². The van der Waals surface area contributed by atoms with E-state index in [-0.39, 0.29) is 0 Å². The first-order chi connectivity index (χ1) is 30.7. The highest BCUT2D eigenvalue weighted by Crippen LogP contribution is 2.42. The maximum absolute atomic E-state index is 5.45. The number of hydrogen-bond donors (Lipinski definition) is 0. The third-order valence-corrected chi connectivity index (χ3v) is 13.0. The quantitative estimate of drug-likeness (QED) is 0.161. The lowest BCUT2D eigenvalue weighted by Gasteiger charge is -2.13. The van der Waals surface area contributed by atoms with Gasteiger partial charge in [-0.05, 0) is 64.5 Å². The number of thiophene rings is 1. The summed E-state index contributed by atoms with van der Waals surface area (Å²) in [5.41, 5.74) is 14.4. The van der Waals surface area contributed by atoms with Crippen molar-refractivity contribution in [1.29, 1.82) is 0 Å². The predicted octanol–water partition coefficient (Wildman–Crippen LogP) is 15.3. The second-order valence-corrected chi connectivity index (χ2v) is 16.7. The molecule has 0 atom stereocenters. The van der Waals surface area contributed by atoms with Gasteiger partial charge in [-0.2, -0.15) is 5.10 Å². The monoisotopic (exact) mass is 808 g/mol. The van der Waals surface area contributed by atoms with Crippen LogP contribution >= 0.6 is 11.3 Å². The first-order valence-electron chi connectivity index (χ1n) is 20.8. The smallest absolute Gasteiger partial charge is 0.160 e. The van der Waals surface area contributed by atoms with Crippen molar-refractivity contribution in [3.05, 3.63) is 218 Å².